The largest absolute Gasteiger partial charge is 0.496 e. The lowest BCUT2D eigenvalue weighted by molar-refractivity contribution is -0.272. The van der Waals surface area contributed by atoms with Gasteiger partial charge in [0.1, 0.15) is 23.4 Å². The lowest BCUT2D eigenvalue weighted by atomic mass is 9.77. The number of aromatic nitrogens is 1. The van der Waals surface area contributed by atoms with Gasteiger partial charge in [-0.15, -0.1) is 0 Å². The molecule has 0 saturated carbocycles. The van der Waals surface area contributed by atoms with E-state index in [9.17, 15) is 27.2 Å². The number of carbonyl (C=O) groups excluding carboxylic acids is 2. The van der Waals surface area contributed by atoms with E-state index in [4.69, 9.17) is 15.2 Å². The zero-order valence-electron chi connectivity index (χ0n) is 17.4. The molecule has 0 unspecified atom stereocenters. The summed E-state index contributed by atoms with van der Waals surface area (Å²) in [6.07, 6.45) is -5.17. The van der Waals surface area contributed by atoms with E-state index < -0.39 is 47.3 Å². The third-order valence-electron chi connectivity index (χ3n) is 5.76. The molecular weight excluding hydrogens is 434 g/mol. The highest BCUT2D eigenvalue weighted by Crippen LogP contribution is 2.54. The van der Waals surface area contributed by atoms with Crippen molar-refractivity contribution < 1.29 is 36.6 Å². The molecule has 4 atom stereocenters. The summed E-state index contributed by atoms with van der Waals surface area (Å²) in [4.78, 5) is 28.1. The van der Waals surface area contributed by atoms with Gasteiger partial charge in [-0.25, -0.2) is 4.39 Å². The predicted molar refractivity (Wildman–Crippen MR) is 106 cm³/mol. The predicted octanol–water partition coefficient (Wildman–Crippen LogP) is 3.41. The number of pyridine rings is 1. The van der Waals surface area contributed by atoms with Gasteiger partial charge in [-0.2, -0.15) is 13.2 Å². The van der Waals surface area contributed by atoms with E-state index in [2.05, 4.69) is 10.3 Å². The summed E-state index contributed by atoms with van der Waals surface area (Å²) in [5.41, 5.74) is 2.67. The van der Waals surface area contributed by atoms with E-state index in [0.29, 0.717) is 0 Å². The first-order valence-electron chi connectivity index (χ1n) is 9.53. The number of benzene rings is 1. The Labute approximate surface area is 180 Å². The molecule has 1 aliphatic rings. The third-order valence-corrected chi connectivity index (χ3v) is 5.76. The molecule has 0 aliphatic carbocycles. The quantitative estimate of drug-likeness (QED) is 0.673. The van der Waals surface area contributed by atoms with Crippen LogP contribution in [0.4, 0.5) is 23.2 Å². The van der Waals surface area contributed by atoms with E-state index in [1.807, 2.05) is 0 Å². The van der Waals surface area contributed by atoms with Crippen LogP contribution in [0.25, 0.3) is 0 Å². The van der Waals surface area contributed by atoms with E-state index in [1.165, 1.54) is 38.4 Å². The number of amides is 2. The Bertz CT molecular complexity index is 1050. The first kappa shape index (κ1) is 23.5. The summed E-state index contributed by atoms with van der Waals surface area (Å²) in [5, 5.41) is 2.44. The zero-order chi connectivity index (χ0) is 23.8. The second-order valence-electron chi connectivity index (χ2n) is 7.63. The molecule has 3 rings (SSSR count). The van der Waals surface area contributed by atoms with Crippen LogP contribution in [0.1, 0.15) is 35.8 Å². The minimum Gasteiger partial charge on any atom is -0.496 e. The first-order chi connectivity index (χ1) is 14.9. The Morgan fingerprint density at radius 1 is 1.25 bits per heavy atom. The topological polar surface area (TPSA) is 104 Å². The highest BCUT2D eigenvalue weighted by Gasteiger charge is 2.65. The number of methoxy groups -OCH3 is 1. The van der Waals surface area contributed by atoms with Gasteiger partial charge in [0.05, 0.1) is 7.11 Å². The van der Waals surface area contributed by atoms with Gasteiger partial charge in [0, 0.05) is 35.3 Å². The second kappa shape index (κ2) is 8.38. The van der Waals surface area contributed by atoms with Crippen LogP contribution in [0.3, 0.4) is 0 Å². The van der Waals surface area contributed by atoms with Crippen molar-refractivity contribution in [2.24, 2.45) is 11.7 Å². The van der Waals surface area contributed by atoms with Crippen LogP contribution in [-0.4, -0.2) is 41.8 Å². The maximum absolute atomic E-state index is 13.9. The highest BCUT2D eigenvalue weighted by molar-refractivity contribution is 5.97. The fourth-order valence-corrected chi connectivity index (χ4v) is 3.84. The molecule has 7 nitrogen and oxygen atoms in total. The Morgan fingerprint density at radius 3 is 2.53 bits per heavy atom. The van der Waals surface area contributed by atoms with Gasteiger partial charge in [-0.1, -0.05) is 13.0 Å². The molecule has 0 bridgehead atoms. The van der Waals surface area contributed by atoms with Gasteiger partial charge in [-0.3, -0.25) is 14.6 Å². The van der Waals surface area contributed by atoms with Crippen molar-refractivity contribution in [1.29, 1.82) is 0 Å². The number of rotatable bonds is 5. The maximum atomic E-state index is 13.9. The standard InChI is InChI=1S/C21H21F4N3O4/c1-10-16(13-5-4-11(22)8-15(13)31-3)17(32-20(10,2)21(23,24)25)19(30)28-12-6-7-27-14(9-12)18(26)29/h4-10,16-17H,1-3H3,(H2,26,29)(H,27,28,30)/t10-,16-,17-,20+/m0/s1. The molecule has 2 aromatic rings. The minimum absolute atomic E-state index is 0.00500. The highest BCUT2D eigenvalue weighted by atomic mass is 19.4. The number of nitrogens with zero attached hydrogens (tertiary/aromatic N) is 1. The normalized spacial score (nSPS) is 25.4. The molecule has 1 aromatic heterocycles. The zero-order valence-corrected chi connectivity index (χ0v) is 17.4. The number of hydrogen-bond acceptors (Lipinski definition) is 5. The lowest BCUT2D eigenvalue weighted by Gasteiger charge is -2.32. The molecule has 3 N–H and O–H groups in total. The number of nitrogens with one attached hydrogen (secondary N) is 1. The number of hydrogen-bond donors (Lipinski definition) is 2. The van der Waals surface area contributed by atoms with E-state index in [1.54, 1.807) is 0 Å². The Hall–Kier alpha value is -3.21. The number of anilines is 1. The summed E-state index contributed by atoms with van der Waals surface area (Å²) in [7, 11) is 1.25. The number of halogens is 4. The molecule has 2 heterocycles. The summed E-state index contributed by atoms with van der Waals surface area (Å²) >= 11 is 0. The van der Waals surface area contributed by atoms with E-state index >= 15 is 0 Å². The molecule has 1 aromatic carbocycles. The van der Waals surface area contributed by atoms with Crippen LogP contribution in [0.2, 0.25) is 0 Å². The molecule has 0 radical (unpaired) electrons. The summed E-state index contributed by atoms with van der Waals surface area (Å²) in [6.45, 7) is 2.18. The van der Waals surface area contributed by atoms with Gasteiger partial charge in [-0.05, 0) is 25.1 Å². The first-order valence-corrected chi connectivity index (χ1v) is 9.53. The van der Waals surface area contributed by atoms with Crippen LogP contribution in [0.5, 0.6) is 5.75 Å². The lowest BCUT2D eigenvalue weighted by Crippen LogP contribution is -2.47. The van der Waals surface area contributed by atoms with Crippen LogP contribution in [0.15, 0.2) is 36.5 Å². The van der Waals surface area contributed by atoms with Gasteiger partial charge < -0.3 is 20.5 Å². The van der Waals surface area contributed by atoms with Crippen molar-refractivity contribution in [2.75, 3.05) is 12.4 Å². The third kappa shape index (κ3) is 4.12. The van der Waals surface area contributed by atoms with Gasteiger partial charge in [0.2, 0.25) is 0 Å². The number of ether oxygens (including phenoxy) is 2. The monoisotopic (exact) mass is 455 g/mol. The van der Waals surface area contributed by atoms with Crippen LogP contribution in [0, 0.1) is 11.7 Å². The van der Waals surface area contributed by atoms with Crippen molar-refractivity contribution in [3.05, 3.63) is 53.6 Å². The van der Waals surface area contributed by atoms with Crippen molar-refractivity contribution in [1.82, 2.24) is 4.98 Å². The molecule has 11 heteroatoms. The van der Waals surface area contributed by atoms with E-state index in [-0.39, 0.29) is 22.7 Å². The molecule has 1 aliphatic heterocycles. The summed E-state index contributed by atoms with van der Waals surface area (Å²) in [5.74, 6) is -4.72. The molecule has 0 spiro atoms. The van der Waals surface area contributed by atoms with Gasteiger partial charge >= 0.3 is 6.18 Å². The smallest absolute Gasteiger partial charge is 0.417 e. The Morgan fingerprint density at radius 2 is 1.94 bits per heavy atom. The average molecular weight is 455 g/mol. The van der Waals surface area contributed by atoms with Gasteiger partial charge in [0.15, 0.2) is 5.60 Å². The second-order valence-corrected chi connectivity index (χ2v) is 7.63. The summed E-state index contributed by atoms with van der Waals surface area (Å²) in [6, 6.07) is 5.92. The van der Waals surface area contributed by atoms with E-state index in [0.717, 1.165) is 19.1 Å². The average Bonchev–Trinajstić information content (AvgIpc) is 3.00. The van der Waals surface area contributed by atoms with Crippen molar-refractivity contribution in [3.8, 4) is 5.75 Å². The number of nitrogens with two attached hydrogens (primary N) is 1. The maximum Gasteiger partial charge on any atom is 0.417 e. The van der Waals surface area contributed by atoms with Crippen molar-refractivity contribution >= 4 is 17.5 Å². The minimum atomic E-state index is -4.79. The van der Waals surface area contributed by atoms with Crippen LogP contribution < -0.4 is 15.8 Å². The molecular formula is C21H21F4N3O4. The number of primary amides is 1. The Balaban J connectivity index is 2.04. The number of alkyl halides is 3. The molecule has 32 heavy (non-hydrogen) atoms. The van der Waals surface area contributed by atoms with Crippen molar-refractivity contribution in [3.63, 3.8) is 0 Å². The fraction of sp³-hybridized carbons (Fsp3) is 0.381. The molecule has 172 valence electrons. The van der Waals surface area contributed by atoms with Crippen LogP contribution in [-0.2, 0) is 9.53 Å². The number of carbonyl (C=O) groups is 2. The SMILES string of the molecule is COc1cc(F)ccc1[C@H]1[C@@H](C(=O)Nc2ccnc(C(N)=O)c2)O[C@@](C)(C(F)(F)F)[C@H]1C. The fourth-order valence-electron chi connectivity index (χ4n) is 3.84. The summed E-state index contributed by atoms with van der Waals surface area (Å²) < 4.78 is 66.0. The molecule has 2 amide bonds. The van der Waals surface area contributed by atoms with Crippen LogP contribution >= 0.6 is 0 Å². The van der Waals surface area contributed by atoms with Gasteiger partial charge in [0.25, 0.3) is 11.8 Å². The Kier molecular flexibility index (Phi) is 6.14. The molecule has 1 saturated heterocycles. The molecule has 1 fully saturated rings. The van der Waals surface area contributed by atoms with Crippen molar-refractivity contribution in [2.45, 2.75) is 37.6 Å².